The summed E-state index contributed by atoms with van der Waals surface area (Å²) in [5.41, 5.74) is 2.94. The van der Waals surface area contributed by atoms with Crippen molar-refractivity contribution in [2.45, 2.75) is 30.5 Å². The van der Waals surface area contributed by atoms with Crippen molar-refractivity contribution in [1.82, 2.24) is 19.7 Å². The van der Waals surface area contributed by atoms with Crippen LogP contribution >= 0.6 is 11.8 Å². The average molecular weight is 396 g/mol. The van der Waals surface area contributed by atoms with Gasteiger partial charge in [0.1, 0.15) is 12.1 Å². The summed E-state index contributed by atoms with van der Waals surface area (Å²) in [4.78, 5) is 14.7. The van der Waals surface area contributed by atoms with Crippen LogP contribution in [0.15, 0.2) is 60.0 Å². The minimum Gasteiger partial charge on any atom is -0.338 e. The molecule has 1 amide bonds. The van der Waals surface area contributed by atoms with Crippen LogP contribution in [0.25, 0.3) is 5.69 Å². The lowest BCUT2D eigenvalue weighted by atomic mass is 9.87. The van der Waals surface area contributed by atoms with Gasteiger partial charge in [-0.25, -0.2) is 4.39 Å². The molecule has 0 unspecified atom stereocenters. The number of aromatic nitrogens is 3. The molecule has 2 aromatic carbocycles. The summed E-state index contributed by atoms with van der Waals surface area (Å²) in [5.74, 6) is -0.108. The first-order valence-corrected chi connectivity index (χ1v) is 10.2. The van der Waals surface area contributed by atoms with Crippen LogP contribution in [0.4, 0.5) is 4.39 Å². The smallest absolute Gasteiger partial charge is 0.233 e. The van der Waals surface area contributed by atoms with Gasteiger partial charge in [0.2, 0.25) is 5.91 Å². The summed E-state index contributed by atoms with van der Waals surface area (Å²) < 4.78 is 15.7. The zero-order valence-corrected chi connectivity index (χ0v) is 16.4. The van der Waals surface area contributed by atoms with E-state index < -0.39 is 0 Å². The van der Waals surface area contributed by atoms with Crippen LogP contribution in [-0.4, -0.2) is 38.4 Å². The van der Waals surface area contributed by atoms with E-state index in [9.17, 15) is 9.18 Å². The van der Waals surface area contributed by atoms with E-state index in [0.29, 0.717) is 10.8 Å². The van der Waals surface area contributed by atoms with E-state index >= 15 is 0 Å². The lowest BCUT2D eigenvalue weighted by Gasteiger charge is -2.33. The standard InChI is InChI=1S/C21H21FN4OS/c1-25(18-12-6-8-15-7-2-3-9-16(15)18)20(27)13-28-21-24-23-14-26(21)19-11-5-4-10-17(19)22/h2-5,7,9-11,14,18H,6,8,12-13H2,1H3/t18-/m0/s1. The molecule has 0 fully saturated rings. The molecule has 28 heavy (non-hydrogen) atoms. The monoisotopic (exact) mass is 396 g/mol. The molecule has 4 rings (SSSR count). The Labute approximate surface area is 167 Å². The van der Waals surface area contributed by atoms with E-state index in [1.54, 1.807) is 22.8 Å². The van der Waals surface area contributed by atoms with E-state index in [2.05, 4.69) is 28.4 Å². The number of benzene rings is 2. The lowest BCUT2D eigenvalue weighted by Crippen LogP contribution is -2.34. The third kappa shape index (κ3) is 3.67. The minimum absolute atomic E-state index is 0.0230. The summed E-state index contributed by atoms with van der Waals surface area (Å²) in [5, 5.41) is 8.43. The van der Waals surface area contributed by atoms with Crippen molar-refractivity contribution in [3.8, 4) is 5.69 Å². The molecule has 1 aromatic heterocycles. The van der Waals surface area contributed by atoms with Crippen molar-refractivity contribution < 1.29 is 9.18 Å². The molecule has 0 N–H and O–H groups in total. The second-order valence-electron chi connectivity index (χ2n) is 6.84. The number of carbonyl (C=O) groups excluding carboxylic acids is 1. The fraction of sp³-hybridized carbons (Fsp3) is 0.286. The Hall–Kier alpha value is -2.67. The predicted molar refractivity (Wildman–Crippen MR) is 107 cm³/mol. The van der Waals surface area contributed by atoms with Gasteiger partial charge in [-0.15, -0.1) is 10.2 Å². The fourth-order valence-corrected chi connectivity index (χ4v) is 4.51. The SMILES string of the molecule is CN(C(=O)CSc1nncn1-c1ccccc1F)[C@H]1CCCc2ccccc21. The third-order valence-electron chi connectivity index (χ3n) is 5.15. The van der Waals surface area contributed by atoms with Crippen LogP contribution in [-0.2, 0) is 11.2 Å². The zero-order valence-electron chi connectivity index (χ0n) is 15.6. The van der Waals surface area contributed by atoms with Crippen LogP contribution in [0.5, 0.6) is 0 Å². The molecule has 0 saturated heterocycles. The van der Waals surface area contributed by atoms with E-state index in [-0.39, 0.29) is 23.5 Å². The number of para-hydroxylation sites is 1. The number of aryl methyl sites for hydroxylation is 1. The number of halogens is 1. The number of carbonyl (C=O) groups is 1. The van der Waals surface area contributed by atoms with Gasteiger partial charge in [-0.3, -0.25) is 9.36 Å². The van der Waals surface area contributed by atoms with Crippen molar-refractivity contribution in [2.75, 3.05) is 12.8 Å². The van der Waals surface area contributed by atoms with E-state index in [0.717, 1.165) is 19.3 Å². The van der Waals surface area contributed by atoms with Gasteiger partial charge in [0.05, 0.1) is 17.5 Å². The summed E-state index contributed by atoms with van der Waals surface area (Å²) in [6.45, 7) is 0. The maximum Gasteiger partial charge on any atom is 0.233 e. The molecule has 0 saturated carbocycles. The number of rotatable bonds is 5. The Morgan fingerprint density at radius 1 is 1.25 bits per heavy atom. The summed E-state index contributed by atoms with van der Waals surface area (Å²) in [7, 11) is 1.86. The zero-order chi connectivity index (χ0) is 19.5. The Balaban J connectivity index is 1.46. The molecule has 7 heteroatoms. The van der Waals surface area contributed by atoms with Crippen molar-refractivity contribution in [3.05, 3.63) is 71.8 Å². The number of amides is 1. The Kier molecular flexibility index (Phi) is 5.43. The third-order valence-corrected chi connectivity index (χ3v) is 6.08. The van der Waals surface area contributed by atoms with Gasteiger partial charge in [-0.1, -0.05) is 48.2 Å². The van der Waals surface area contributed by atoms with Gasteiger partial charge in [0.15, 0.2) is 5.16 Å². The fourth-order valence-electron chi connectivity index (χ4n) is 3.67. The molecule has 5 nitrogen and oxygen atoms in total. The first kappa shape index (κ1) is 18.7. The van der Waals surface area contributed by atoms with Crippen LogP contribution < -0.4 is 0 Å². The maximum absolute atomic E-state index is 14.1. The summed E-state index contributed by atoms with van der Waals surface area (Å²) in [6, 6.07) is 14.9. The van der Waals surface area contributed by atoms with Crippen LogP contribution in [0.1, 0.15) is 30.0 Å². The molecular formula is C21H21FN4OS. The number of thioether (sulfide) groups is 1. The largest absolute Gasteiger partial charge is 0.338 e. The minimum atomic E-state index is -0.355. The maximum atomic E-state index is 14.1. The van der Waals surface area contributed by atoms with Crippen molar-refractivity contribution in [1.29, 1.82) is 0 Å². The molecule has 0 radical (unpaired) electrons. The number of nitrogens with zero attached hydrogens (tertiary/aromatic N) is 4. The molecule has 0 aliphatic heterocycles. The van der Waals surface area contributed by atoms with Gasteiger partial charge in [0.25, 0.3) is 0 Å². The summed E-state index contributed by atoms with van der Waals surface area (Å²) >= 11 is 1.27. The molecule has 1 aliphatic carbocycles. The Morgan fingerprint density at radius 2 is 2.04 bits per heavy atom. The lowest BCUT2D eigenvalue weighted by molar-refractivity contribution is -0.129. The van der Waals surface area contributed by atoms with Gasteiger partial charge in [0, 0.05) is 7.05 Å². The Morgan fingerprint density at radius 3 is 2.89 bits per heavy atom. The highest BCUT2D eigenvalue weighted by molar-refractivity contribution is 7.99. The normalized spacial score (nSPS) is 15.9. The van der Waals surface area contributed by atoms with Crippen LogP contribution in [0.2, 0.25) is 0 Å². The number of hydrogen-bond acceptors (Lipinski definition) is 4. The molecule has 144 valence electrons. The molecular weight excluding hydrogens is 375 g/mol. The van der Waals surface area contributed by atoms with Crippen molar-refractivity contribution >= 4 is 17.7 Å². The number of fused-ring (bicyclic) bond motifs is 1. The van der Waals surface area contributed by atoms with Crippen molar-refractivity contribution in [3.63, 3.8) is 0 Å². The Bertz CT molecular complexity index is 990. The second-order valence-corrected chi connectivity index (χ2v) is 7.78. The van der Waals surface area contributed by atoms with Gasteiger partial charge in [-0.05, 0) is 42.5 Å². The average Bonchev–Trinajstić information content (AvgIpc) is 3.19. The number of hydrogen-bond donors (Lipinski definition) is 0. The highest BCUT2D eigenvalue weighted by Gasteiger charge is 2.26. The molecule has 0 spiro atoms. The van der Waals surface area contributed by atoms with Gasteiger partial charge in [-0.2, -0.15) is 0 Å². The predicted octanol–water partition coefficient (Wildman–Crippen LogP) is 4.03. The molecule has 1 aliphatic rings. The quantitative estimate of drug-likeness (QED) is 0.611. The van der Waals surface area contributed by atoms with Gasteiger partial charge >= 0.3 is 0 Å². The second kappa shape index (κ2) is 8.14. The van der Waals surface area contributed by atoms with Crippen LogP contribution in [0.3, 0.4) is 0 Å². The van der Waals surface area contributed by atoms with E-state index in [1.165, 1.54) is 35.3 Å². The topological polar surface area (TPSA) is 51.0 Å². The first-order chi connectivity index (χ1) is 13.6. The molecule has 1 heterocycles. The van der Waals surface area contributed by atoms with Crippen molar-refractivity contribution in [2.24, 2.45) is 0 Å². The molecule has 3 aromatic rings. The van der Waals surface area contributed by atoms with E-state index in [1.807, 2.05) is 18.0 Å². The highest BCUT2D eigenvalue weighted by atomic mass is 32.2. The van der Waals surface area contributed by atoms with E-state index in [4.69, 9.17) is 0 Å². The summed E-state index contributed by atoms with van der Waals surface area (Å²) in [6.07, 6.45) is 4.57. The first-order valence-electron chi connectivity index (χ1n) is 9.26. The van der Waals surface area contributed by atoms with Gasteiger partial charge < -0.3 is 4.90 Å². The highest BCUT2D eigenvalue weighted by Crippen LogP contribution is 2.34. The molecule has 0 bridgehead atoms. The van der Waals surface area contributed by atoms with Crippen LogP contribution in [0, 0.1) is 5.82 Å². The molecule has 1 atom stereocenters.